The molecule has 0 saturated heterocycles. The van der Waals surface area contributed by atoms with Crippen molar-refractivity contribution < 1.29 is 23.6 Å². The number of carbonyl (C=O) groups excluding carboxylic acids is 1. The van der Waals surface area contributed by atoms with E-state index < -0.39 is 17.8 Å². The maximum Gasteiger partial charge on any atom is 0.335 e. The Kier molecular flexibility index (Phi) is 3.89. The second kappa shape index (κ2) is 5.78. The highest BCUT2D eigenvalue weighted by atomic mass is 19.1. The molecule has 1 heterocycles. The van der Waals surface area contributed by atoms with Crippen LogP contribution in [0.3, 0.4) is 0 Å². The van der Waals surface area contributed by atoms with E-state index in [1.807, 2.05) is 0 Å². The average Bonchev–Trinajstić information content (AvgIpc) is 2.92. The first-order valence-electron chi connectivity index (χ1n) is 5.39. The fraction of sp³-hybridized carbons (Fsp3) is 0.0909. The maximum absolute atomic E-state index is 13.4. The van der Waals surface area contributed by atoms with E-state index in [1.54, 1.807) is 0 Å². The van der Waals surface area contributed by atoms with E-state index in [2.05, 4.69) is 25.3 Å². The molecule has 2 rings (SSSR count). The fourth-order valence-corrected chi connectivity index (χ4v) is 1.35. The minimum Gasteiger partial charge on any atom is -0.478 e. The monoisotopic (exact) mass is 280 g/mol. The van der Waals surface area contributed by atoms with Crippen molar-refractivity contribution in [3.05, 3.63) is 41.8 Å². The Hall–Kier alpha value is -2.97. The zero-order valence-electron chi connectivity index (χ0n) is 9.96. The third-order valence-electron chi connectivity index (χ3n) is 2.28. The van der Waals surface area contributed by atoms with Crippen LogP contribution in [0, 0.1) is 5.82 Å². The van der Waals surface area contributed by atoms with Crippen molar-refractivity contribution in [3.63, 3.8) is 0 Å². The summed E-state index contributed by atoms with van der Waals surface area (Å²) in [5.41, 5.74) is -0.379. The van der Waals surface area contributed by atoms with Gasteiger partial charge in [0.1, 0.15) is 5.82 Å². The van der Waals surface area contributed by atoms with Crippen molar-refractivity contribution in [3.8, 4) is 0 Å². The number of nitrogens with one attached hydrogen (secondary N) is 2. The Labute approximate surface area is 111 Å². The topological polar surface area (TPSA) is 117 Å². The third-order valence-corrected chi connectivity index (χ3v) is 2.28. The molecule has 9 heteroatoms. The summed E-state index contributed by atoms with van der Waals surface area (Å²) in [7, 11) is 0. The number of hydrogen-bond acceptors (Lipinski definition) is 5. The van der Waals surface area contributed by atoms with Crippen molar-refractivity contribution in [1.82, 2.24) is 15.5 Å². The average molecular weight is 280 g/mol. The van der Waals surface area contributed by atoms with Crippen LogP contribution in [0.25, 0.3) is 0 Å². The van der Waals surface area contributed by atoms with E-state index in [4.69, 9.17) is 5.11 Å². The number of carboxylic acids is 1. The quantitative estimate of drug-likeness (QED) is 0.775. The molecule has 0 aliphatic carbocycles. The number of anilines is 1. The molecule has 0 aliphatic rings. The van der Waals surface area contributed by atoms with Gasteiger partial charge in [0.05, 0.1) is 17.8 Å². The van der Waals surface area contributed by atoms with Gasteiger partial charge in [-0.3, -0.25) is 0 Å². The van der Waals surface area contributed by atoms with Crippen molar-refractivity contribution in [1.29, 1.82) is 0 Å². The molecule has 104 valence electrons. The summed E-state index contributed by atoms with van der Waals surface area (Å²) in [6.07, 6.45) is 1.10. The standard InChI is InChI=1S/C11H9FN4O4/c12-7-2-1-6(10(17)18)3-8(7)15-11(19)13-4-9-14-5-20-16-9/h1-3,5H,4H2,(H,17,18)(H2,13,15,19). The highest BCUT2D eigenvalue weighted by Crippen LogP contribution is 2.16. The summed E-state index contributed by atoms with van der Waals surface area (Å²) < 4.78 is 17.9. The minimum absolute atomic E-state index is 0.0113. The molecule has 20 heavy (non-hydrogen) atoms. The number of nitrogens with zero attached hydrogens (tertiary/aromatic N) is 2. The first-order valence-corrected chi connectivity index (χ1v) is 5.39. The largest absolute Gasteiger partial charge is 0.478 e. The highest BCUT2D eigenvalue weighted by molar-refractivity contribution is 5.93. The second-order valence-electron chi connectivity index (χ2n) is 3.65. The van der Waals surface area contributed by atoms with Crippen LogP contribution in [0.5, 0.6) is 0 Å². The van der Waals surface area contributed by atoms with Gasteiger partial charge < -0.3 is 20.3 Å². The van der Waals surface area contributed by atoms with Crippen LogP contribution in [-0.4, -0.2) is 27.2 Å². The summed E-state index contributed by atoms with van der Waals surface area (Å²) in [5.74, 6) is -1.72. The molecular formula is C11H9FN4O4. The molecule has 2 aromatic rings. The molecule has 1 aromatic heterocycles. The molecular weight excluding hydrogens is 271 g/mol. The smallest absolute Gasteiger partial charge is 0.335 e. The van der Waals surface area contributed by atoms with Crippen molar-refractivity contribution in [2.45, 2.75) is 6.54 Å². The van der Waals surface area contributed by atoms with Crippen LogP contribution in [0.2, 0.25) is 0 Å². The molecule has 1 aromatic carbocycles. The number of aromatic carboxylic acids is 1. The molecule has 0 atom stereocenters. The van der Waals surface area contributed by atoms with Gasteiger partial charge in [0.2, 0.25) is 6.39 Å². The van der Waals surface area contributed by atoms with Crippen LogP contribution < -0.4 is 10.6 Å². The lowest BCUT2D eigenvalue weighted by Gasteiger charge is -2.07. The zero-order chi connectivity index (χ0) is 14.5. The third kappa shape index (κ3) is 3.28. The second-order valence-corrected chi connectivity index (χ2v) is 3.65. The molecule has 0 spiro atoms. The lowest BCUT2D eigenvalue weighted by atomic mass is 10.2. The number of amides is 2. The Morgan fingerprint density at radius 3 is 2.85 bits per heavy atom. The molecule has 0 fully saturated rings. The number of urea groups is 1. The van der Waals surface area contributed by atoms with Crippen LogP contribution in [0.15, 0.2) is 29.1 Å². The van der Waals surface area contributed by atoms with E-state index in [0.717, 1.165) is 24.6 Å². The van der Waals surface area contributed by atoms with Crippen LogP contribution in [0.1, 0.15) is 16.2 Å². The Morgan fingerprint density at radius 2 is 2.20 bits per heavy atom. The first-order chi connectivity index (χ1) is 9.56. The number of carbonyl (C=O) groups is 2. The summed E-state index contributed by atoms with van der Waals surface area (Å²) in [4.78, 5) is 26.0. The SMILES string of the molecule is O=C(NCc1ncon1)Nc1cc(C(=O)O)ccc1F. The predicted molar refractivity (Wildman–Crippen MR) is 63.5 cm³/mol. The molecule has 0 radical (unpaired) electrons. The van der Waals surface area contributed by atoms with E-state index in [-0.39, 0.29) is 23.6 Å². The highest BCUT2D eigenvalue weighted by Gasteiger charge is 2.11. The van der Waals surface area contributed by atoms with Crippen LogP contribution >= 0.6 is 0 Å². The molecule has 0 saturated carbocycles. The van der Waals surface area contributed by atoms with Gasteiger partial charge >= 0.3 is 12.0 Å². The lowest BCUT2D eigenvalue weighted by Crippen LogP contribution is -2.29. The number of aromatic nitrogens is 2. The van der Waals surface area contributed by atoms with Gasteiger partial charge in [-0.05, 0) is 18.2 Å². The van der Waals surface area contributed by atoms with Crippen molar-refractivity contribution in [2.24, 2.45) is 0 Å². The van der Waals surface area contributed by atoms with E-state index in [0.29, 0.717) is 0 Å². The van der Waals surface area contributed by atoms with Crippen LogP contribution in [0.4, 0.5) is 14.9 Å². The van der Waals surface area contributed by atoms with Crippen molar-refractivity contribution in [2.75, 3.05) is 5.32 Å². The zero-order valence-corrected chi connectivity index (χ0v) is 9.96. The van der Waals surface area contributed by atoms with Crippen molar-refractivity contribution >= 4 is 17.7 Å². The lowest BCUT2D eigenvalue weighted by molar-refractivity contribution is 0.0697. The number of benzene rings is 1. The number of carboxylic acid groups (broad SMARTS) is 1. The number of hydrogen-bond donors (Lipinski definition) is 3. The predicted octanol–water partition coefficient (Wildman–Crippen LogP) is 1.23. The summed E-state index contributed by atoms with van der Waals surface area (Å²) in [5, 5.41) is 16.8. The van der Waals surface area contributed by atoms with Gasteiger partial charge in [-0.2, -0.15) is 4.98 Å². The minimum atomic E-state index is -1.22. The van der Waals surface area contributed by atoms with E-state index >= 15 is 0 Å². The molecule has 3 N–H and O–H groups in total. The number of rotatable bonds is 4. The Bertz CT molecular complexity index is 629. The summed E-state index contributed by atoms with van der Waals surface area (Å²) in [6.45, 7) is -0.0113. The van der Waals surface area contributed by atoms with Gasteiger partial charge in [0, 0.05) is 0 Å². The molecule has 8 nitrogen and oxygen atoms in total. The van der Waals surface area contributed by atoms with E-state index in [1.165, 1.54) is 0 Å². The molecule has 0 unspecified atom stereocenters. The fourth-order valence-electron chi connectivity index (χ4n) is 1.35. The van der Waals surface area contributed by atoms with Crippen LogP contribution in [-0.2, 0) is 6.54 Å². The normalized spacial score (nSPS) is 10.1. The van der Waals surface area contributed by atoms with Gasteiger partial charge in [-0.25, -0.2) is 14.0 Å². The summed E-state index contributed by atoms with van der Waals surface area (Å²) >= 11 is 0. The molecule has 0 aliphatic heterocycles. The maximum atomic E-state index is 13.4. The van der Waals surface area contributed by atoms with Gasteiger partial charge in [0.15, 0.2) is 5.82 Å². The van der Waals surface area contributed by atoms with E-state index in [9.17, 15) is 14.0 Å². The molecule has 0 bridgehead atoms. The van der Waals surface area contributed by atoms with Gasteiger partial charge in [0.25, 0.3) is 0 Å². The Balaban J connectivity index is 2.00. The van der Waals surface area contributed by atoms with Gasteiger partial charge in [-0.1, -0.05) is 5.16 Å². The first kappa shape index (κ1) is 13.5. The number of halogens is 1. The molecule has 2 amide bonds. The van der Waals surface area contributed by atoms with Gasteiger partial charge in [-0.15, -0.1) is 0 Å². The Morgan fingerprint density at radius 1 is 1.40 bits per heavy atom. The summed E-state index contributed by atoms with van der Waals surface area (Å²) in [6, 6.07) is 2.35.